The zero-order valence-corrected chi connectivity index (χ0v) is 20.6. The number of fused-ring (bicyclic) bond motifs is 1. The molecule has 4 rings (SSSR count). The minimum Gasteiger partial charge on any atom is -0.333 e. The average Bonchev–Trinajstić information content (AvgIpc) is 2.73. The number of aromatic nitrogens is 2. The second kappa shape index (κ2) is 9.68. The normalized spacial score (nSPS) is 15.0. The van der Waals surface area contributed by atoms with Crippen molar-refractivity contribution in [2.24, 2.45) is 11.8 Å². The smallest absolute Gasteiger partial charge is 0.266 e. The van der Waals surface area contributed by atoms with E-state index in [9.17, 15) is 9.59 Å². The van der Waals surface area contributed by atoms with Crippen molar-refractivity contribution in [3.05, 3.63) is 69.2 Å². The monoisotopic (exact) mass is 465 g/mol. The van der Waals surface area contributed by atoms with Gasteiger partial charge in [-0.05, 0) is 69.4 Å². The van der Waals surface area contributed by atoms with Crippen molar-refractivity contribution in [2.45, 2.75) is 59.4 Å². The molecule has 1 aromatic heterocycles. The summed E-state index contributed by atoms with van der Waals surface area (Å²) in [5.41, 5.74) is 2.26. The first-order valence-electron chi connectivity index (χ1n) is 11.9. The Morgan fingerprint density at radius 1 is 1.15 bits per heavy atom. The van der Waals surface area contributed by atoms with Crippen LogP contribution in [-0.2, 0) is 4.79 Å². The van der Waals surface area contributed by atoms with E-state index in [-0.39, 0.29) is 23.4 Å². The van der Waals surface area contributed by atoms with E-state index in [1.54, 1.807) is 22.8 Å². The van der Waals surface area contributed by atoms with Crippen LogP contribution in [0.3, 0.4) is 0 Å². The van der Waals surface area contributed by atoms with Crippen molar-refractivity contribution >= 4 is 28.4 Å². The molecule has 0 spiro atoms. The molecule has 3 aromatic rings. The number of hydrogen-bond donors (Lipinski definition) is 0. The second-order valence-electron chi connectivity index (χ2n) is 9.63. The minimum atomic E-state index is -0.353. The number of carbonyl (C=O) groups is 1. The Balaban J connectivity index is 1.88. The van der Waals surface area contributed by atoms with E-state index in [4.69, 9.17) is 16.6 Å². The van der Waals surface area contributed by atoms with Crippen molar-refractivity contribution < 1.29 is 4.79 Å². The fraction of sp³-hybridized carbons (Fsp3) is 0.444. The maximum absolute atomic E-state index is 13.7. The molecule has 1 fully saturated rings. The van der Waals surface area contributed by atoms with Gasteiger partial charge < -0.3 is 4.90 Å². The number of rotatable bonds is 7. The van der Waals surface area contributed by atoms with Gasteiger partial charge in [0.05, 0.1) is 22.6 Å². The average molecular weight is 466 g/mol. The van der Waals surface area contributed by atoms with Crippen molar-refractivity contribution in [2.75, 3.05) is 6.54 Å². The number of nitrogens with zero attached hydrogens (tertiary/aromatic N) is 3. The summed E-state index contributed by atoms with van der Waals surface area (Å²) in [5.74, 6) is 1.28. The van der Waals surface area contributed by atoms with Gasteiger partial charge in [0.2, 0.25) is 5.91 Å². The van der Waals surface area contributed by atoms with Crippen LogP contribution in [0.15, 0.2) is 47.3 Å². The highest BCUT2D eigenvalue weighted by Gasteiger charge is 2.34. The topological polar surface area (TPSA) is 55.2 Å². The summed E-state index contributed by atoms with van der Waals surface area (Å²) in [7, 11) is 0. The first-order valence-corrected chi connectivity index (χ1v) is 12.2. The molecule has 5 nitrogen and oxygen atoms in total. The van der Waals surface area contributed by atoms with Gasteiger partial charge in [-0.3, -0.25) is 14.2 Å². The minimum absolute atomic E-state index is 0.0778. The molecule has 33 heavy (non-hydrogen) atoms. The Hall–Kier alpha value is -2.66. The van der Waals surface area contributed by atoms with Gasteiger partial charge in [0.1, 0.15) is 5.82 Å². The first-order chi connectivity index (χ1) is 15.8. The number of carbonyl (C=O) groups excluding carboxylic acids is 1. The molecule has 1 aliphatic carbocycles. The zero-order valence-electron chi connectivity index (χ0n) is 19.8. The molecule has 1 amide bonds. The van der Waals surface area contributed by atoms with E-state index in [0.717, 1.165) is 36.9 Å². The Bertz CT molecular complexity index is 1210. The fourth-order valence-corrected chi connectivity index (χ4v) is 4.49. The number of halogens is 1. The van der Waals surface area contributed by atoms with Crippen LogP contribution in [0.25, 0.3) is 16.6 Å². The van der Waals surface area contributed by atoms with Crippen LogP contribution in [0.2, 0.25) is 5.02 Å². The lowest BCUT2D eigenvalue weighted by molar-refractivity contribution is -0.140. The third kappa shape index (κ3) is 4.84. The molecule has 1 unspecified atom stereocenters. The lowest BCUT2D eigenvalue weighted by Gasteiger charge is -2.36. The SMILES string of the molecule is Cc1ccc(-n2c(C(C)N(CCC(C)C)C(=O)C3CCC3)nc3cc(Cl)ccc3c2=O)cc1. The van der Waals surface area contributed by atoms with E-state index in [2.05, 4.69) is 13.8 Å². The van der Waals surface area contributed by atoms with Crippen molar-refractivity contribution in [1.29, 1.82) is 0 Å². The van der Waals surface area contributed by atoms with Crippen LogP contribution in [0.5, 0.6) is 0 Å². The van der Waals surface area contributed by atoms with Gasteiger partial charge in [-0.25, -0.2) is 4.98 Å². The van der Waals surface area contributed by atoms with Gasteiger partial charge in [-0.2, -0.15) is 0 Å². The Morgan fingerprint density at radius 3 is 2.45 bits per heavy atom. The standard InChI is InChI=1S/C27H32ClN3O2/c1-17(2)14-15-30(26(32)20-6-5-7-20)19(4)25-29-24-16-21(28)10-13-23(24)27(33)31(25)22-11-8-18(3)9-12-22/h8-13,16-17,19-20H,5-7,14-15H2,1-4H3. The van der Waals surface area contributed by atoms with Gasteiger partial charge in [-0.15, -0.1) is 0 Å². The Morgan fingerprint density at radius 2 is 1.85 bits per heavy atom. The van der Waals surface area contributed by atoms with Crippen LogP contribution in [0.1, 0.15) is 63.9 Å². The zero-order chi connectivity index (χ0) is 23.7. The van der Waals surface area contributed by atoms with E-state index in [1.165, 1.54) is 0 Å². The number of amides is 1. The number of benzene rings is 2. The summed E-state index contributed by atoms with van der Waals surface area (Å²) in [4.78, 5) is 34.0. The first kappa shape index (κ1) is 23.5. The third-order valence-corrected chi connectivity index (χ3v) is 6.91. The number of aryl methyl sites for hydroxylation is 1. The van der Waals surface area contributed by atoms with E-state index < -0.39 is 0 Å². The summed E-state index contributed by atoms with van der Waals surface area (Å²) in [5, 5.41) is 1.04. The molecule has 0 aliphatic heterocycles. The summed E-state index contributed by atoms with van der Waals surface area (Å²) in [6, 6.07) is 12.6. The molecule has 1 heterocycles. The Kier molecular flexibility index (Phi) is 6.89. The summed E-state index contributed by atoms with van der Waals surface area (Å²) < 4.78 is 1.66. The molecule has 1 aliphatic rings. The highest BCUT2D eigenvalue weighted by Crippen LogP contribution is 2.32. The highest BCUT2D eigenvalue weighted by molar-refractivity contribution is 6.31. The predicted octanol–water partition coefficient (Wildman–Crippen LogP) is 6.08. The van der Waals surface area contributed by atoms with Crippen LogP contribution in [-0.4, -0.2) is 26.9 Å². The van der Waals surface area contributed by atoms with Crippen molar-refractivity contribution in [3.63, 3.8) is 0 Å². The van der Waals surface area contributed by atoms with E-state index >= 15 is 0 Å². The summed E-state index contributed by atoms with van der Waals surface area (Å²) in [6.45, 7) is 8.97. The van der Waals surface area contributed by atoms with E-state index in [1.807, 2.05) is 43.0 Å². The molecule has 0 radical (unpaired) electrons. The largest absolute Gasteiger partial charge is 0.333 e. The molecule has 0 N–H and O–H groups in total. The van der Waals surface area contributed by atoms with Crippen molar-refractivity contribution in [3.8, 4) is 5.69 Å². The molecule has 6 heteroatoms. The highest BCUT2D eigenvalue weighted by atomic mass is 35.5. The molecule has 0 saturated heterocycles. The summed E-state index contributed by atoms with van der Waals surface area (Å²) >= 11 is 6.23. The molecule has 2 aromatic carbocycles. The predicted molar refractivity (Wildman–Crippen MR) is 134 cm³/mol. The van der Waals surface area contributed by atoms with Gasteiger partial charge in [0.25, 0.3) is 5.56 Å². The van der Waals surface area contributed by atoms with Crippen LogP contribution >= 0.6 is 11.6 Å². The van der Waals surface area contributed by atoms with Crippen LogP contribution in [0, 0.1) is 18.8 Å². The quantitative estimate of drug-likeness (QED) is 0.424. The second-order valence-corrected chi connectivity index (χ2v) is 10.1. The van der Waals surface area contributed by atoms with Gasteiger partial charge >= 0.3 is 0 Å². The fourth-order valence-electron chi connectivity index (χ4n) is 4.32. The van der Waals surface area contributed by atoms with Crippen molar-refractivity contribution in [1.82, 2.24) is 14.5 Å². The Labute approximate surface area is 200 Å². The van der Waals surface area contributed by atoms with Gasteiger partial charge in [-0.1, -0.05) is 49.6 Å². The lowest BCUT2D eigenvalue weighted by atomic mass is 9.84. The maximum atomic E-state index is 13.7. The molecular weight excluding hydrogens is 434 g/mol. The van der Waals surface area contributed by atoms with Gasteiger partial charge in [0, 0.05) is 17.5 Å². The lowest BCUT2D eigenvalue weighted by Crippen LogP contribution is -2.43. The molecular formula is C27H32ClN3O2. The van der Waals surface area contributed by atoms with Crippen LogP contribution < -0.4 is 5.56 Å². The third-order valence-electron chi connectivity index (χ3n) is 6.68. The van der Waals surface area contributed by atoms with Gasteiger partial charge in [0.15, 0.2) is 0 Å². The molecule has 174 valence electrons. The molecule has 1 saturated carbocycles. The molecule has 0 bridgehead atoms. The van der Waals surface area contributed by atoms with Crippen LogP contribution in [0.4, 0.5) is 0 Å². The number of hydrogen-bond acceptors (Lipinski definition) is 3. The maximum Gasteiger partial charge on any atom is 0.266 e. The summed E-state index contributed by atoms with van der Waals surface area (Å²) in [6.07, 6.45) is 3.88. The van der Waals surface area contributed by atoms with E-state index in [0.29, 0.717) is 34.2 Å². The molecule has 1 atom stereocenters.